The molecule has 0 saturated carbocycles. The fourth-order valence-electron chi connectivity index (χ4n) is 2.76. The third-order valence-corrected chi connectivity index (χ3v) is 4.36. The van der Waals surface area contributed by atoms with Gasteiger partial charge in [-0.15, -0.1) is 0 Å². The summed E-state index contributed by atoms with van der Waals surface area (Å²) in [6.07, 6.45) is 0. The van der Waals surface area contributed by atoms with Crippen molar-refractivity contribution in [3.8, 4) is 11.4 Å². The van der Waals surface area contributed by atoms with E-state index in [1.165, 1.54) is 6.07 Å². The van der Waals surface area contributed by atoms with E-state index in [9.17, 15) is 14.4 Å². The Morgan fingerprint density at radius 1 is 0.967 bits per heavy atom. The number of aryl methyl sites for hydroxylation is 1. The molecular formula is C23H24N4O3. The van der Waals surface area contributed by atoms with Gasteiger partial charge in [0, 0.05) is 28.4 Å². The van der Waals surface area contributed by atoms with Crippen molar-refractivity contribution in [2.24, 2.45) is 5.41 Å². The molecule has 3 N–H and O–H groups in total. The second-order valence-electron chi connectivity index (χ2n) is 8.02. The summed E-state index contributed by atoms with van der Waals surface area (Å²) in [4.78, 5) is 44.0. The molecule has 0 aliphatic carbocycles. The Balaban J connectivity index is 1.85. The Bertz CT molecular complexity index is 1160. The summed E-state index contributed by atoms with van der Waals surface area (Å²) in [6, 6.07) is 15.3. The van der Waals surface area contributed by atoms with Crippen LogP contribution in [0.5, 0.6) is 0 Å². The molecule has 3 aromatic rings. The predicted molar refractivity (Wildman–Crippen MR) is 118 cm³/mol. The maximum Gasteiger partial charge on any atom is 0.257 e. The van der Waals surface area contributed by atoms with E-state index in [1.54, 1.807) is 76.2 Å². The molecule has 3 rings (SSSR count). The van der Waals surface area contributed by atoms with Crippen molar-refractivity contribution in [2.75, 3.05) is 10.6 Å². The number of amides is 2. The lowest BCUT2D eigenvalue weighted by atomic mass is 9.95. The van der Waals surface area contributed by atoms with E-state index >= 15 is 0 Å². The summed E-state index contributed by atoms with van der Waals surface area (Å²) < 4.78 is 0. The fraction of sp³-hybridized carbons (Fsp3) is 0.217. The van der Waals surface area contributed by atoms with E-state index in [4.69, 9.17) is 0 Å². The molecule has 2 aromatic carbocycles. The highest BCUT2D eigenvalue weighted by molar-refractivity contribution is 6.10. The van der Waals surface area contributed by atoms with Crippen molar-refractivity contribution >= 4 is 23.2 Å². The topological polar surface area (TPSA) is 104 Å². The van der Waals surface area contributed by atoms with Gasteiger partial charge in [0.05, 0.1) is 11.3 Å². The molecule has 7 heteroatoms. The van der Waals surface area contributed by atoms with Gasteiger partial charge >= 0.3 is 0 Å². The number of carbonyl (C=O) groups is 2. The van der Waals surface area contributed by atoms with Crippen molar-refractivity contribution < 1.29 is 9.59 Å². The molecule has 2 amide bonds. The monoisotopic (exact) mass is 404 g/mol. The zero-order chi connectivity index (χ0) is 21.9. The first kappa shape index (κ1) is 21.0. The van der Waals surface area contributed by atoms with E-state index in [2.05, 4.69) is 20.6 Å². The Morgan fingerprint density at radius 2 is 1.70 bits per heavy atom. The van der Waals surface area contributed by atoms with Crippen LogP contribution in [-0.2, 0) is 4.79 Å². The molecule has 1 heterocycles. The molecule has 0 fully saturated rings. The highest BCUT2D eigenvalue weighted by atomic mass is 16.2. The van der Waals surface area contributed by atoms with Crippen LogP contribution < -0.4 is 16.2 Å². The lowest BCUT2D eigenvalue weighted by molar-refractivity contribution is -0.123. The smallest absolute Gasteiger partial charge is 0.257 e. The Kier molecular flexibility index (Phi) is 5.82. The molecule has 0 radical (unpaired) electrons. The SMILES string of the molecule is Cc1cc(=O)[nH]c(-c2cccc(NC(=O)c3ccccc3NC(=O)C(C)(C)C)c2)n1. The number of carbonyl (C=O) groups excluding carboxylic acids is 2. The van der Waals surface area contributed by atoms with Crippen LogP contribution in [-0.4, -0.2) is 21.8 Å². The van der Waals surface area contributed by atoms with Crippen molar-refractivity contribution in [1.29, 1.82) is 0 Å². The summed E-state index contributed by atoms with van der Waals surface area (Å²) in [6.45, 7) is 7.16. The average Bonchev–Trinajstić information content (AvgIpc) is 2.67. The molecule has 0 bridgehead atoms. The second kappa shape index (κ2) is 8.32. The third-order valence-electron chi connectivity index (χ3n) is 4.36. The quantitative estimate of drug-likeness (QED) is 0.612. The molecule has 7 nitrogen and oxygen atoms in total. The number of nitrogens with one attached hydrogen (secondary N) is 3. The van der Waals surface area contributed by atoms with Gasteiger partial charge in [0.2, 0.25) is 5.91 Å². The lowest BCUT2D eigenvalue weighted by Crippen LogP contribution is -2.28. The van der Waals surface area contributed by atoms with Crippen LogP contribution in [0.25, 0.3) is 11.4 Å². The van der Waals surface area contributed by atoms with Gasteiger partial charge < -0.3 is 15.6 Å². The van der Waals surface area contributed by atoms with Crippen LogP contribution in [0.2, 0.25) is 0 Å². The molecule has 1 aromatic heterocycles. The van der Waals surface area contributed by atoms with Crippen molar-refractivity contribution in [3.63, 3.8) is 0 Å². The number of aromatic nitrogens is 2. The number of anilines is 2. The van der Waals surface area contributed by atoms with Gasteiger partial charge in [0.15, 0.2) is 0 Å². The molecule has 0 aliphatic heterocycles. The van der Waals surface area contributed by atoms with Crippen molar-refractivity contribution in [3.05, 3.63) is 76.2 Å². The predicted octanol–water partition coefficient (Wildman–Crippen LogP) is 3.98. The van der Waals surface area contributed by atoms with E-state index in [0.717, 1.165) is 0 Å². The Hall–Kier alpha value is -3.74. The van der Waals surface area contributed by atoms with Gasteiger partial charge in [0.1, 0.15) is 5.82 Å². The lowest BCUT2D eigenvalue weighted by Gasteiger charge is -2.19. The van der Waals surface area contributed by atoms with Crippen molar-refractivity contribution in [2.45, 2.75) is 27.7 Å². The zero-order valence-electron chi connectivity index (χ0n) is 17.4. The minimum absolute atomic E-state index is 0.181. The molecular weight excluding hydrogens is 380 g/mol. The number of para-hydroxylation sites is 1. The normalized spacial score (nSPS) is 11.1. The molecule has 0 saturated heterocycles. The number of hydrogen-bond acceptors (Lipinski definition) is 4. The van der Waals surface area contributed by atoms with Gasteiger partial charge in [-0.1, -0.05) is 45.0 Å². The summed E-state index contributed by atoms with van der Waals surface area (Å²) in [5.74, 6) is -0.115. The van der Waals surface area contributed by atoms with Gasteiger partial charge in [-0.3, -0.25) is 14.4 Å². The zero-order valence-corrected chi connectivity index (χ0v) is 17.4. The van der Waals surface area contributed by atoms with Crippen LogP contribution in [0.4, 0.5) is 11.4 Å². The molecule has 0 unspecified atom stereocenters. The fourth-order valence-corrected chi connectivity index (χ4v) is 2.76. The van der Waals surface area contributed by atoms with Gasteiger partial charge in [-0.2, -0.15) is 0 Å². The molecule has 0 atom stereocenters. The summed E-state index contributed by atoms with van der Waals surface area (Å²) >= 11 is 0. The first-order valence-corrected chi connectivity index (χ1v) is 9.54. The minimum Gasteiger partial charge on any atom is -0.325 e. The Morgan fingerprint density at radius 3 is 2.40 bits per heavy atom. The second-order valence-corrected chi connectivity index (χ2v) is 8.02. The standard InChI is InChI=1S/C23H24N4O3/c1-14-12-19(28)27-20(24-14)15-8-7-9-16(13-15)25-21(29)17-10-5-6-11-18(17)26-22(30)23(2,3)4/h5-13H,1-4H3,(H,25,29)(H,26,30)(H,24,27,28). The van der Waals surface area contributed by atoms with Crippen LogP contribution in [0.1, 0.15) is 36.8 Å². The molecule has 0 spiro atoms. The minimum atomic E-state index is -0.588. The van der Waals surface area contributed by atoms with Crippen LogP contribution in [0.3, 0.4) is 0 Å². The largest absolute Gasteiger partial charge is 0.325 e. The number of benzene rings is 2. The van der Waals surface area contributed by atoms with E-state index in [1.807, 2.05) is 0 Å². The van der Waals surface area contributed by atoms with Gasteiger partial charge in [-0.25, -0.2) is 4.98 Å². The van der Waals surface area contributed by atoms with Gasteiger partial charge in [-0.05, 0) is 31.2 Å². The molecule has 30 heavy (non-hydrogen) atoms. The van der Waals surface area contributed by atoms with E-state index in [-0.39, 0.29) is 17.4 Å². The number of rotatable bonds is 4. The van der Waals surface area contributed by atoms with Gasteiger partial charge in [0.25, 0.3) is 11.5 Å². The molecule has 154 valence electrons. The first-order chi connectivity index (χ1) is 14.1. The highest BCUT2D eigenvalue weighted by Crippen LogP contribution is 2.23. The van der Waals surface area contributed by atoms with E-state index in [0.29, 0.717) is 34.0 Å². The number of H-pyrrole nitrogens is 1. The maximum atomic E-state index is 12.9. The first-order valence-electron chi connectivity index (χ1n) is 9.54. The maximum absolute atomic E-state index is 12.9. The number of aromatic amines is 1. The van der Waals surface area contributed by atoms with Crippen LogP contribution >= 0.6 is 0 Å². The highest BCUT2D eigenvalue weighted by Gasteiger charge is 2.23. The van der Waals surface area contributed by atoms with E-state index < -0.39 is 5.41 Å². The number of nitrogens with zero attached hydrogens (tertiary/aromatic N) is 1. The summed E-state index contributed by atoms with van der Waals surface area (Å²) in [7, 11) is 0. The van der Waals surface area contributed by atoms with Crippen molar-refractivity contribution in [1.82, 2.24) is 9.97 Å². The Labute approximate surface area is 174 Å². The third kappa shape index (κ3) is 5.00. The average molecular weight is 404 g/mol. The molecule has 0 aliphatic rings. The summed E-state index contributed by atoms with van der Waals surface area (Å²) in [5.41, 5.74) is 1.78. The summed E-state index contributed by atoms with van der Waals surface area (Å²) in [5, 5.41) is 5.66. The van der Waals surface area contributed by atoms with Crippen LogP contribution in [0.15, 0.2) is 59.4 Å². The van der Waals surface area contributed by atoms with Crippen LogP contribution in [0, 0.1) is 12.3 Å². The number of hydrogen-bond donors (Lipinski definition) is 3.